The van der Waals surface area contributed by atoms with E-state index < -0.39 is 6.04 Å². The van der Waals surface area contributed by atoms with Crippen LogP contribution in [0.5, 0.6) is 5.75 Å². The van der Waals surface area contributed by atoms with Gasteiger partial charge >= 0.3 is 0 Å². The van der Waals surface area contributed by atoms with Crippen LogP contribution in [0.2, 0.25) is 0 Å². The van der Waals surface area contributed by atoms with Gasteiger partial charge in [0.1, 0.15) is 11.9 Å². The summed E-state index contributed by atoms with van der Waals surface area (Å²) >= 11 is 3.42. The number of hydrogen-bond acceptors (Lipinski definition) is 3. The van der Waals surface area contributed by atoms with Crippen molar-refractivity contribution in [1.29, 1.82) is 0 Å². The highest BCUT2D eigenvalue weighted by atomic mass is 79.9. The quantitative estimate of drug-likeness (QED) is 0.800. The second-order valence-corrected chi connectivity index (χ2v) is 5.87. The van der Waals surface area contributed by atoms with Crippen molar-refractivity contribution in [2.75, 3.05) is 6.54 Å². The number of ether oxygens (including phenoxy) is 1. The molecule has 0 heterocycles. The van der Waals surface area contributed by atoms with Crippen molar-refractivity contribution in [3.8, 4) is 5.75 Å². The highest BCUT2D eigenvalue weighted by Gasteiger charge is 2.19. The van der Waals surface area contributed by atoms with Gasteiger partial charge in [0.15, 0.2) is 0 Å². The fourth-order valence-corrected chi connectivity index (χ4v) is 2.05. The Morgan fingerprint density at radius 1 is 1.40 bits per heavy atom. The van der Waals surface area contributed by atoms with Crippen LogP contribution in [0.25, 0.3) is 0 Å². The first-order valence-electron chi connectivity index (χ1n) is 6.90. The summed E-state index contributed by atoms with van der Waals surface area (Å²) in [5.41, 5.74) is 5.87. The fraction of sp³-hybridized carbons (Fsp3) is 0.533. The van der Waals surface area contributed by atoms with Gasteiger partial charge < -0.3 is 15.8 Å². The molecule has 0 radical (unpaired) electrons. The minimum absolute atomic E-state index is 0.123. The summed E-state index contributed by atoms with van der Waals surface area (Å²) in [6.07, 6.45) is 0.763. The molecule has 1 rings (SSSR count). The Hall–Kier alpha value is -1.07. The first-order chi connectivity index (χ1) is 9.45. The minimum Gasteiger partial charge on any atom is -0.488 e. The van der Waals surface area contributed by atoms with Crippen LogP contribution in [-0.4, -0.2) is 24.6 Å². The van der Waals surface area contributed by atoms with E-state index in [9.17, 15) is 4.79 Å². The van der Waals surface area contributed by atoms with Gasteiger partial charge in [0.05, 0.1) is 17.1 Å². The van der Waals surface area contributed by atoms with Gasteiger partial charge in [-0.3, -0.25) is 4.79 Å². The van der Waals surface area contributed by atoms with Crippen molar-refractivity contribution < 1.29 is 9.53 Å². The Bertz CT molecular complexity index is 440. The normalized spacial score (nSPS) is 15.2. The molecule has 112 valence electrons. The van der Waals surface area contributed by atoms with Crippen LogP contribution >= 0.6 is 15.9 Å². The standard InChI is InChI=1S/C15H23BrN2O2/c1-4-10(2)14(17)15(19)18-9-11(3)20-13-8-6-5-7-12(13)16/h5-8,10-11,14H,4,9,17H2,1-3H3,(H,18,19). The zero-order chi connectivity index (χ0) is 15.1. The van der Waals surface area contributed by atoms with Crippen molar-refractivity contribution in [3.63, 3.8) is 0 Å². The molecule has 0 aromatic heterocycles. The van der Waals surface area contributed by atoms with Crippen LogP contribution in [0.3, 0.4) is 0 Å². The van der Waals surface area contributed by atoms with Crippen LogP contribution < -0.4 is 15.8 Å². The highest BCUT2D eigenvalue weighted by molar-refractivity contribution is 9.10. The third-order valence-electron chi connectivity index (χ3n) is 3.29. The summed E-state index contributed by atoms with van der Waals surface area (Å²) in [6.45, 7) is 6.35. The Labute approximate surface area is 129 Å². The third kappa shape index (κ3) is 5.13. The lowest BCUT2D eigenvalue weighted by Gasteiger charge is -2.20. The van der Waals surface area contributed by atoms with E-state index in [1.54, 1.807) is 0 Å². The average molecular weight is 343 g/mol. The van der Waals surface area contributed by atoms with Gasteiger partial charge in [-0.2, -0.15) is 0 Å². The SMILES string of the molecule is CCC(C)C(N)C(=O)NCC(C)Oc1ccccc1Br. The molecule has 3 unspecified atom stereocenters. The van der Waals surface area contributed by atoms with Crippen molar-refractivity contribution in [3.05, 3.63) is 28.7 Å². The number of amides is 1. The first kappa shape index (κ1) is 17.0. The van der Waals surface area contributed by atoms with E-state index in [0.717, 1.165) is 16.6 Å². The number of halogens is 1. The lowest BCUT2D eigenvalue weighted by atomic mass is 9.99. The topological polar surface area (TPSA) is 64.4 Å². The number of rotatable bonds is 7. The molecule has 4 nitrogen and oxygen atoms in total. The Morgan fingerprint density at radius 2 is 2.05 bits per heavy atom. The van der Waals surface area contributed by atoms with E-state index in [4.69, 9.17) is 10.5 Å². The third-order valence-corrected chi connectivity index (χ3v) is 3.94. The van der Waals surface area contributed by atoms with E-state index in [-0.39, 0.29) is 17.9 Å². The molecule has 0 spiro atoms. The van der Waals surface area contributed by atoms with Gasteiger partial charge in [-0.1, -0.05) is 32.4 Å². The summed E-state index contributed by atoms with van der Waals surface area (Å²) in [5, 5.41) is 2.83. The Kier molecular flexibility index (Phi) is 7.02. The fourth-order valence-electron chi connectivity index (χ4n) is 1.67. The first-order valence-corrected chi connectivity index (χ1v) is 7.69. The number of nitrogens with two attached hydrogens (primary N) is 1. The second kappa shape index (κ2) is 8.27. The van der Waals surface area contributed by atoms with E-state index in [1.807, 2.05) is 45.0 Å². The Morgan fingerprint density at radius 3 is 2.65 bits per heavy atom. The number of carbonyl (C=O) groups is 1. The lowest BCUT2D eigenvalue weighted by Crippen LogP contribution is -2.47. The molecule has 0 saturated carbocycles. The molecule has 1 aromatic carbocycles. The van der Waals surface area contributed by atoms with E-state index in [0.29, 0.717) is 6.54 Å². The van der Waals surface area contributed by atoms with Crippen LogP contribution in [0.1, 0.15) is 27.2 Å². The number of nitrogens with one attached hydrogen (secondary N) is 1. The summed E-state index contributed by atoms with van der Waals surface area (Å²) in [7, 11) is 0. The van der Waals surface area contributed by atoms with Gasteiger partial charge in [0.2, 0.25) is 5.91 Å². The maximum Gasteiger partial charge on any atom is 0.237 e. The van der Waals surface area contributed by atoms with E-state index in [1.165, 1.54) is 0 Å². The van der Waals surface area contributed by atoms with Gasteiger partial charge in [0.25, 0.3) is 0 Å². The maximum absolute atomic E-state index is 11.9. The molecule has 0 aliphatic rings. The molecule has 0 aliphatic carbocycles. The van der Waals surface area contributed by atoms with Crippen molar-refractivity contribution in [2.24, 2.45) is 11.7 Å². The zero-order valence-corrected chi connectivity index (χ0v) is 13.8. The smallest absolute Gasteiger partial charge is 0.237 e. The number of hydrogen-bond donors (Lipinski definition) is 2. The van der Waals surface area contributed by atoms with Gasteiger partial charge in [-0.15, -0.1) is 0 Å². The molecule has 0 bridgehead atoms. The predicted octanol–water partition coefficient (Wildman–Crippen LogP) is 2.71. The summed E-state index contributed by atoms with van der Waals surface area (Å²) in [5.74, 6) is 0.817. The molecular formula is C15H23BrN2O2. The molecule has 5 heteroatoms. The largest absolute Gasteiger partial charge is 0.488 e. The number of carbonyl (C=O) groups excluding carboxylic acids is 1. The molecule has 3 atom stereocenters. The maximum atomic E-state index is 11.9. The molecule has 1 amide bonds. The van der Waals surface area contributed by atoms with Crippen LogP contribution in [0.15, 0.2) is 28.7 Å². The number of para-hydroxylation sites is 1. The van der Waals surface area contributed by atoms with Gasteiger partial charge in [0, 0.05) is 0 Å². The van der Waals surface area contributed by atoms with Crippen LogP contribution in [0, 0.1) is 5.92 Å². The minimum atomic E-state index is -0.462. The highest BCUT2D eigenvalue weighted by Crippen LogP contribution is 2.24. The number of benzene rings is 1. The molecular weight excluding hydrogens is 320 g/mol. The molecule has 3 N–H and O–H groups in total. The van der Waals surface area contributed by atoms with Crippen LogP contribution in [-0.2, 0) is 4.79 Å². The predicted molar refractivity (Wildman–Crippen MR) is 84.7 cm³/mol. The van der Waals surface area contributed by atoms with Crippen molar-refractivity contribution in [2.45, 2.75) is 39.3 Å². The molecule has 0 saturated heterocycles. The molecule has 1 aromatic rings. The van der Waals surface area contributed by atoms with Crippen molar-refractivity contribution in [1.82, 2.24) is 5.32 Å². The van der Waals surface area contributed by atoms with E-state index >= 15 is 0 Å². The second-order valence-electron chi connectivity index (χ2n) is 5.02. The summed E-state index contributed by atoms with van der Waals surface area (Å²) in [6, 6.07) is 7.17. The zero-order valence-electron chi connectivity index (χ0n) is 12.2. The summed E-state index contributed by atoms with van der Waals surface area (Å²) in [4.78, 5) is 11.9. The Balaban J connectivity index is 2.42. The monoisotopic (exact) mass is 342 g/mol. The lowest BCUT2D eigenvalue weighted by molar-refractivity contribution is -0.123. The van der Waals surface area contributed by atoms with Crippen LogP contribution in [0.4, 0.5) is 0 Å². The molecule has 20 heavy (non-hydrogen) atoms. The molecule has 0 aliphatic heterocycles. The summed E-state index contributed by atoms with van der Waals surface area (Å²) < 4.78 is 6.66. The average Bonchev–Trinajstić information content (AvgIpc) is 2.45. The van der Waals surface area contributed by atoms with Gasteiger partial charge in [-0.25, -0.2) is 0 Å². The van der Waals surface area contributed by atoms with Gasteiger partial charge in [-0.05, 0) is 40.9 Å². The van der Waals surface area contributed by atoms with E-state index in [2.05, 4.69) is 21.2 Å². The molecule has 0 fully saturated rings. The van der Waals surface area contributed by atoms with Crippen molar-refractivity contribution >= 4 is 21.8 Å².